The highest BCUT2D eigenvalue weighted by Gasteiger charge is 2.05. The molecule has 0 spiro atoms. The molecular formula is C13H15Br2N3O. The third-order valence-corrected chi connectivity index (χ3v) is 2.37. The molecule has 1 aromatic carbocycles. The number of nitrogens with one attached hydrogen (secondary N) is 1. The number of benzene rings is 1. The minimum absolute atomic E-state index is 0. The highest BCUT2D eigenvalue weighted by Crippen LogP contribution is 2.08. The highest BCUT2D eigenvalue weighted by molar-refractivity contribution is 8.93. The Kier molecular flexibility index (Phi) is 8.22. The van der Waals surface area contributed by atoms with Crippen molar-refractivity contribution in [3.63, 3.8) is 0 Å². The number of nitrogens with zero attached hydrogens (tertiary/aromatic N) is 1. The molecule has 2 aromatic rings. The number of hydrogen-bond acceptors (Lipinski definition) is 3. The minimum atomic E-state index is -0.151. The smallest absolute Gasteiger partial charge is 0.255 e. The van der Waals surface area contributed by atoms with Crippen LogP contribution in [0, 0.1) is 0 Å². The van der Waals surface area contributed by atoms with Crippen LogP contribution < -0.4 is 11.1 Å². The van der Waals surface area contributed by atoms with E-state index in [0.717, 1.165) is 5.56 Å². The molecule has 0 aliphatic heterocycles. The Morgan fingerprint density at radius 1 is 1.16 bits per heavy atom. The second kappa shape index (κ2) is 8.79. The molecule has 0 fully saturated rings. The number of rotatable bonds is 3. The molecule has 4 nitrogen and oxygen atoms in total. The second-order valence-corrected chi connectivity index (χ2v) is 3.60. The summed E-state index contributed by atoms with van der Waals surface area (Å²) in [6, 6.07) is 10.8. The Balaban J connectivity index is 0.00000162. The van der Waals surface area contributed by atoms with Crippen LogP contribution >= 0.6 is 34.0 Å². The summed E-state index contributed by atoms with van der Waals surface area (Å²) in [6.07, 6.45) is 3.26. The molecule has 102 valence electrons. The summed E-state index contributed by atoms with van der Waals surface area (Å²) in [7, 11) is 0. The van der Waals surface area contributed by atoms with Gasteiger partial charge in [-0.25, -0.2) is 0 Å². The maximum Gasteiger partial charge on any atom is 0.255 e. The number of halogens is 2. The minimum Gasteiger partial charge on any atom is -0.326 e. The zero-order chi connectivity index (χ0) is 12.1. The van der Waals surface area contributed by atoms with E-state index >= 15 is 0 Å². The number of nitrogens with two attached hydrogens (primary N) is 1. The molecule has 1 heterocycles. The van der Waals surface area contributed by atoms with Gasteiger partial charge < -0.3 is 11.1 Å². The van der Waals surface area contributed by atoms with Crippen molar-refractivity contribution in [2.45, 2.75) is 6.54 Å². The van der Waals surface area contributed by atoms with Crippen LogP contribution in [-0.2, 0) is 6.54 Å². The highest BCUT2D eigenvalue weighted by atomic mass is 79.9. The van der Waals surface area contributed by atoms with Crippen molar-refractivity contribution in [1.82, 2.24) is 4.98 Å². The van der Waals surface area contributed by atoms with Gasteiger partial charge in [-0.15, -0.1) is 34.0 Å². The molecule has 0 saturated carbocycles. The third kappa shape index (κ3) is 5.10. The van der Waals surface area contributed by atoms with Crippen molar-refractivity contribution in [1.29, 1.82) is 0 Å². The topological polar surface area (TPSA) is 68.0 Å². The maximum atomic E-state index is 11.8. The fourth-order valence-corrected chi connectivity index (χ4v) is 1.43. The normalized spacial score (nSPS) is 8.89. The number of amides is 1. The van der Waals surface area contributed by atoms with Crippen LogP contribution in [0.2, 0.25) is 0 Å². The Bertz CT molecular complexity index is 503. The average Bonchev–Trinajstić information content (AvgIpc) is 2.40. The predicted octanol–water partition coefficient (Wildman–Crippen LogP) is 2.95. The van der Waals surface area contributed by atoms with E-state index in [1.807, 2.05) is 12.1 Å². The molecule has 0 bridgehead atoms. The van der Waals surface area contributed by atoms with E-state index in [9.17, 15) is 4.79 Å². The summed E-state index contributed by atoms with van der Waals surface area (Å²) in [5.74, 6) is -0.151. The van der Waals surface area contributed by atoms with Crippen LogP contribution in [0.3, 0.4) is 0 Å². The van der Waals surface area contributed by atoms with Gasteiger partial charge in [0.05, 0.1) is 11.9 Å². The summed E-state index contributed by atoms with van der Waals surface area (Å²) < 4.78 is 0. The lowest BCUT2D eigenvalue weighted by Crippen LogP contribution is -2.12. The zero-order valence-electron chi connectivity index (χ0n) is 10.1. The molecule has 0 aliphatic rings. The van der Waals surface area contributed by atoms with Gasteiger partial charge >= 0.3 is 0 Å². The van der Waals surface area contributed by atoms with Crippen molar-refractivity contribution in [2.24, 2.45) is 5.73 Å². The molecule has 1 amide bonds. The van der Waals surface area contributed by atoms with Crippen molar-refractivity contribution < 1.29 is 4.79 Å². The molecule has 2 rings (SSSR count). The summed E-state index contributed by atoms with van der Waals surface area (Å²) in [6.45, 7) is 0.477. The fourth-order valence-electron chi connectivity index (χ4n) is 1.43. The first-order chi connectivity index (χ1) is 8.29. The lowest BCUT2D eigenvalue weighted by atomic mass is 10.1. The Hall–Kier alpha value is -1.24. The zero-order valence-corrected chi connectivity index (χ0v) is 13.5. The van der Waals surface area contributed by atoms with Crippen LogP contribution in [0.25, 0.3) is 0 Å². The first-order valence-electron chi connectivity index (χ1n) is 5.30. The number of hydrogen-bond donors (Lipinski definition) is 2. The summed E-state index contributed by atoms with van der Waals surface area (Å²) in [5, 5.41) is 2.76. The Morgan fingerprint density at radius 3 is 2.37 bits per heavy atom. The van der Waals surface area contributed by atoms with E-state index in [1.54, 1.807) is 36.7 Å². The van der Waals surface area contributed by atoms with E-state index in [4.69, 9.17) is 5.73 Å². The quantitative estimate of drug-likeness (QED) is 0.849. The lowest BCUT2D eigenvalue weighted by Gasteiger charge is -2.05. The van der Waals surface area contributed by atoms with Crippen LogP contribution in [0.1, 0.15) is 15.9 Å². The van der Waals surface area contributed by atoms with Crippen LogP contribution in [0.15, 0.2) is 48.8 Å². The molecule has 0 unspecified atom stereocenters. The average molecular weight is 389 g/mol. The van der Waals surface area contributed by atoms with Crippen LogP contribution in [0.4, 0.5) is 5.69 Å². The van der Waals surface area contributed by atoms with Gasteiger partial charge in [-0.2, -0.15) is 0 Å². The van der Waals surface area contributed by atoms with Gasteiger partial charge in [0.15, 0.2) is 0 Å². The molecule has 6 heteroatoms. The predicted molar refractivity (Wildman–Crippen MR) is 87.2 cm³/mol. The van der Waals surface area contributed by atoms with E-state index in [0.29, 0.717) is 17.8 Å². The van der Waals surface area contributed by atoms with Crippen molar-refractivity contribution in [3.8, 4) is 0 Å². The van der Waals surface area contributed by atoms with E-state index < -0.39 is 0 Å². The standard InChI is InChI=1S/C13H13N3O.2BrH/c14-8-10-3-5-11(6-4-10)13(17)16-12-2-1-7-15-9-12;;/h1-7,9H,8,14H2,(H,16,17);2*1H. The summed E-state index contributed by atoms with van der Waals surface area (Å²) in [4.78, 5) is 15.8. The first-order valence-corrected chi connectivity index (χ1v) is 5.30. The maximum absolute atomic E-state index is 11.8. The number of aromatic nitrogens is 1. The van der Waals surface area contributed by atoms with Gasteiger partial charge in [0.2, 0.25) is 0 Å². The van der Waals surface area contributed by atoms with Crippen LogP contribution in [0.5, 0.6) is 0 Å². The molecule has 0 saturated heterocycles. The summed E-state index contributed by atoms with van der Waals surface area (Å²) >= 11 is 0. The third-order valence-electron chi connectivity index (χ3n) is 2.37. The first kappa shape index (κ1) is 17.8. The summed E-state index contributed by atoms with van der Waals surface area (Å²) in [5.41, 5.74) is 7.78. The molecule has 0 radical (unpaired) electrons. The molecule has 0 aliphatic carbocycles. The number of anilines is 1. The number of carbonyl (C=O) groups excluding carboxylic acids is 1. The van der Waals surface area contributed by atoms with Gasteiger partial charge in [-0.3, -0.25) is 9.78 Å². The Morgan fingerprint density at radius 2 is 1.84 bits per heavy atom. The lowest BCUT2D eigenvalue weighted by molar-refractivity contribution is 0.102. The number of pyridine rings is 1. The van der Waals surface area contributed by atoms with Gasteiger partial charge in [0.1, 0.15) is 0 Å². The van der Waals surface area contributed by atoms with Gasteiger partial charge in [0.25, 0.3) is 5.91 Å². The largest absolute Gasteiger partial charge is 0.326 e. The number of carbonyl (C=O) groups is 1. The molecular weight excluding hydrogens is 374 g/mol. The van der Waals surface area contributed by atoms with E-state index in [-0.39, 0.29) is 39.9 Å². The second-order valence-electron chi connectivity index (χ2n) is 3.60. The fraction of sp³-hybridized carbons (Fsp3) is 0.0769. The molecule has 19 heavy (non-hydrogen) atoms. The van der Waals surface area contributed by atoms with E-state index in [2.05, 4.69) is 10.3 Å². The molecule has 3 N–H and O–H groups in total. The monoisotopic (exact) mass is 387 g/mol. The van der Waals surface area contributed by atoms with Crippen molar-refractivity contribution in [2.75, 3.05) is 5.32 Å². The molecule has 1 aromatic heterocycles. The Labute approximate surface area is 133 Å². The van der Waals surface area contributed by atoms with Crippen molar-refractivity contribution in [3.05, 3.63) is 59.9 Å². The van der Waals surface area contributed by atoms with Crippen LogP contribution in [-0.4, -0.2) is 10.9 Å². The van der Waals surface area contributed by atoms with Gasteiger partial charge in [-0.05, 0) is 29.8 Å². The van der Waals surface area contributed by atoms with Gasteiger partial charge in [-0.1, -0.05) is 12.1 Å². The molecule has 0 atom stereocenters. The SMILES string of the molecule is Br.Br.NCc1ccc(C(=O)Nc2cccnc2)cc1. The van der Waals surface area contributed by atoms with Crippen molar-refractivity contribution >= 4 is 45.6 Å². The van der Waals surface area contributed by atoms with Gasteiger partial charge in [0, 0.05) is 18.3 Å². The van der Waals surface area contributed by atoms with E-state index in [1.165, 1.54) is 0 Å².